The van der Waals surface area contributed by atoms with E-state index in [-0.39, 0.29) is 24.3 Å². The largest absolute Gasteiger partial charge is 0.487 e. The molecule has 1 N–H and O–H groups in total. The molecule has 4 heterocycles. The van der Waals surface area contributed by atoms with E-state index in [9.17, 15) is 4.79 Å². The van der Waals surface area contributed by atoms with Crippen molar-refractivity contribution in [2.45, 2.75) is 50.7 Å². The average Bonchev–Trinajstić information content (AvgIpc) is 3.78. The molecule has 0 unspecified atom stereocenters. The summed E-state index contributed by atoms with van der Waals surface area (Å²) >= 11 is 0. The van der Waals surface area contributed by atoms with Crippen molar-refractivity contribution in [1.82, 2.24) is 24.9 Å². The number of nitrogens with zero attached hydrogens (tertiary/aromatic N) is 6. The summed E-state index contributed by atoms with van der Waals surface area (Å²) in [6.07, 6.45) is 4.18. The number of fused-ring (bicyclic) bond motifs is 1. The third kappa shape index (κ3) is 7.65. The van der Waals surface area contributed by atoms with Crippen LogP contribution in [0.5, 0.6) is 5.75 Å². The molecule has 248 valence electrons. The standard InChI is InChI=1S/C38H36FN7O3/c39-34-25-45(23-29-21-42-46(24-29)32-7-5-27(20-41)6-8-32)16-13-36(34)48-33-9-10-35-30(17-33)18-37(49-35)38(47)43-31-11-14-44(15-12-31)22-28-3-1-26(19-40)2-4-28/h1-10,17-18,21,24,31,34,36H,11-16,22-23,25H2,(H,43,47)/t34-,36-/m1/s1. The van der Waals surface area contributed by atoms with Crippen molar-refractivity contribution >= 4 is 16.9 Å². The molecule has 2 atom stereocenters. The van der Waals surface area contributed by atoms with Gasteiger partial charge in [0.1, 0.15) is 23.6 Å². The summed E-state index contributed by atoms with van der Waals surface area (Å²) in [5.41, 5.74) is 4.82. The van der Waals surface area contributed by atoms with Crippen molar-refractivity contribution in [2.75, 3.05) is 26.2 Å². The third-order valence-electron chi connectivity index (χ3n) is 9.28. The topological polar surface area (TPSA) is 123 Å². The molecule has 7 rings (SSSR count). The number of nitriles is 2. The lowest BCUT2D eigenvalue weighted by atomic mass is 10.0. The van der Waals surface area contributed by atoms with Gasteiger partial charge in [0.15, 0.2) is 5.76 Å². The van der Waals surface area contributed by atoms with Crippen molar-refractivity contribution in [2.24, 2.45) is 0 Å². The lowest BCUT2D eigenvalue weighted by molar-refractivity contribution is 0.0191. The van der Waals surface area contributed by atoms with Gasteiger partial charge in [-0.3, -0.25) is 14.6 Å². The lowest BCUT2D eigenvalue weighted by Crippen LogP contribution is -2.46. The van der Waals surface area contributed by atoms with Crippen LogP contribution in [0.3, 0.4) is 0 Å². The molecule has 0 aliphatic carbocycles. The summed E-state index contributed by atoms with van der Waals surface area (Å²) in [5, 5.41) is 26.3. The number of rotatable bonds is 9. The average molecular weight is 658 g/mol. The molecule has 2 aliphatic rings. The Labute approximate surface area is 283 Å². The van der Waals surface area contributed by atoms with Gasteiger partial charge in [-0.05, 0) is 85.5 Å². The molecular formula is C38H36FN7O3. The zero-order chi connectivity index (χ0) is 33.7. The number of piperidine rings is 2. The van der Waals surface area contributed by atoms with Crippen molar-refractivity contribution in [3.63, 3.8) is 0 Å². The van der Waals surface area contributed by atoms with Crippen LogP contribution < -0.4 is 10.1 Å². The smallest absolute Gasteiger partial charge is 0.287 e. The molecule has 2 fully saturated rings. The minimum absolute atomic E-state index is 0.0582. The first-order chi connectivity index (χ1) is 23.9. The van der Waals surface area contributed by atoms with Gasteiger partial charge in [-0.1, -0.05) is 12.1 Å². The van der Waals surface area contributed by atoms with E-state index in [2.05, 4.69) is 32.4 Å². The quantitative estimate of drug-likeness (QED) is 0.213. The molecule has 0 spiro atoms. The summed E-state index contributed by atoms with van der Waals surface area (Å²) < 4.78 is 29.1. The van der Waals surface area contributed by atoms with E-state index in [4.69, 9.17) is 19.7 Å². The van der Waals surface area contributed by atoms with Gasteiger partial charge in [0, 0.05) is 62.5 Å². The van der Waals surface area contributed by atoms with E-state index < -0.39 is 12.3 Å². The predicted octanol–water partition coefficient (Wildman–Crippen LogP) is 5.75. The Kier molecular flexibility index (Phi) is 9.38. The number of likely N-dealkylation sites (tertiary alicyclic amines) is 2. The molecule has 2 saturated heterocycles. The van der Waals surface area contributed by atoms with Crippen LogP contribution in [0, 0.1) is 22.7 Å². The second-order valence-electron chi connectivity index (χ2n) is 12.8. The van der Waals surface area contributed by atoms with Crippen LogP contribution in [0.4, 0.5) is 4.39 Å². The first-order valence-corrected chi connectivity index (χ1v) is 16.6. The summed E-state index contributed by atoms with van der Waals surface area (Å²) in [7, 11) is 0. The van der Waals surface area contributed by atoms with Gasteiger partial charge in [-0.15, -0.1) is 0 Å². The maximum atomic E-state index is 15.3. The highest BCUT2D eigenvalue weighted by Gasteiger charge is 2.31. The zero-order valence-electron chi connectivity index (χ0n) is 27.0. The van der Waals surface area contributed by atoms with Crippen LogP contribution in [-0.4, -0.2) is 70.0 Å². The van der Waals surface area contributed by atoms with E-state index in [0.717, 1.165) is 49.1 Å². The van der Waals surface area contributed by atoms with Gasteiger partial charge in [-0.2, -0.15) is 15.6 Å². The number of nitrogens with one attached hydrogen (secondary N) is 1. The number of carbonyl (C=O) groups is 1. The van der Waals surface area contributed by atoms with Crippen molar-refractivity contribution in [3.05, 3.63) is 113 Å². The molecule has 0 saturated carbocycles. The molecule has 10 nitrogen and oxygen atoms in total. The number of alkyl halides is 1. The Balaban J connectivity index is 0.884. The third-order valence-corrected chi connectivity index (χ3v) is 9.28. The number of amides is 1. The number of hydrogen-bond acceptors (Lipinski definition) is 8. The number of ether oxygens (including phenoxy) is 1. The first kappa shape index (κ1) is 32.1. The monoisotopic (exact) mass is 657 g/mol. The van der Waals surface area contributed by atoms with Crippen LogP contribution in [0.25, 0.3) is 16.7 Å². The molecule has 49 heavy (non-hydrogen) atoms. The molecule has 0 bridgehead atoms. The fourth-order valence-corrected chi connectivity index (χ4v) is 6.57. The molecule has 5 aromatic rings. The number of carbonyl (C=O) groups excluding carboxylic acids is 1. The highest BCUT2D eigenvalue weighted by Crippen LogP contribution is 2.28. The molecule has 2 aromatic heterocycles. The lowest BCUT2D eigenvalue weighted by Gasteiger charge is -2.34. The fourth-order valence-electron chi connectivity index (χ4n) is 6.57. The molecule has 11 heteroatoms. The molecule has 3 aromatic carbocycles. The van der Waals surface area contributed by atoms with Crippen LogP contribution in [0.1, 0.15) is 52.1 Å². The number of hydrogen-bond donors (Lipinski definition) is 1. The summed E-state index contributed by atoms with van der Waals surface area (Å²) in [4.78, 5) is 17.5. The van der Waals surface area contributed by atoms with E-state index in [0.29, 0.717) is 42.0 Å². The number of furan rings is 1. The second-order valence-corrected chi connectivity index (χ2v) is 12.8. The molecule has 1 amide bonds. The van der Waals surface area contributed by atoms with Gasteiger partial charge >= 0.3 is 0 Å². The Hall–Kier alpha value is -5.49. The first-order valence-electron chi connectivity index (χ1n) is 16.6. The van der Waals surface area contributed by atoms with E-state index in [1.807, 2.05) is 42.6 Å². The van der Waals surface area contributed by atoms with E-state index in [1.165, 1.54) is 5.56 Å². The van der Waals surface area contributed by atoms with Gasteiger partial charge in [0.05, 0.1) is 35.1 Å². The van der Waals surface area contributed by atoms with E-state index in [1.54, 1.807) is 47.3 Å². The number of halogens is 1. The summed E-state index contributed by atoms with van der Waals surface area (Å²) in [6.45, 7) is 4.05. The molecule has 2 aliphatic heterocycles. The fraction of sp³-hybridized carbons (Fsp3) is 0.316. The molecular weight excluding hydrogens is 621 g/mol. The predicted molar refractivity (Wildman–Crippen MR) is 181 cm³/mol. The van der Waals surface area contributed by atoms with Crippen molar-refractivity contribution < 1.29 is 18.3 Å². The summed E-state index contributed by atoms with van der Waals surface area (Å²) in [6, 6.07) is 26.2. The Morgan fingerprint density at radius 1 is 0.898 bits per heavy atom. The highest BCUT2D eigenvalue weighted by molar-refractivity contribution is 5.96. The van der Waals surface area contributed by atoms with Crippen LogP contribution >= 0.6 is 0 Å². The normalized spacial score (nSPS) is 18.9. The minimum atomic E-state index is -1.17. The molecule has 0 radical (unpaired) electrons. The maximum Gasteiger partial charge on any atom is 0.287 e. The highest BCUT2D eigenvalue weighted by atomic mass is 19.1. The zero-order valence-corrected chi connectivity index (χ0v) is 27.0. The van der Waals surface area contributed by atoms with Crippen LogP contribution in [-0.2, 0) is 13.1 Å². The van der Waals surface area contributed by atoms with Gasteiger partial charge in [0.2, 0.25) is 0 Å². The Bertz CT molecular complexity index is 2000. The van der Waals surface area contributed by atoms with Gasteiger partial charge in [0.25, 0.3) is 5.91 Å². The number of aromatic nitrogens is 2. The van der Waals surface area contributed by atoms with E-state index >= 15 is 4.39 Å². The van der Waals surface area contributed by atoms with Crippen molar-refractivity contribution in [3.8, 4) is 23.6 Å². The Morgan fingerprint density at radius 2 is 1.59 bits per heavy atom. The SMILES string of the molecule is N#Cc1ccc(CN2CCC(NC(=O)c3cc4cc(O[C@@H]5CCN(Cc6cnn(-c7ccc(C#N)cc7)c6)C[C@H]5F)ccc4o3)CC2)cc1. The van der Waals surface area contributed by atoms with Crippen LogP contribution in [0.2, 0.25) is 0 Å². The maximum absolute atomic E-state index is 15.3. The van der Waals surface area contributed by atoms with Crippen molar-refractivity contribution in [1.29, 1.82) is 10.5 Å². The van der Waals surface area contributed by atoms with Gasteiger partial charge in [-0.25, -0.2) is 9.07 Å². The number of benzene rings is 3. The minimum Gasteiger partial charge on any atom is -0.487 e. The Morgan fingerprint density at radius 3 is 2.31 bits per heavy atom. The second kappa shape index (κ2) is 14.3. The van der Waals surface area contributed by atoms with Gasteiger partial charge < -0.3 is 14.5 Å². The summed E-state index contributed by atoms with van der Waals surface area (Å²) in [5.74, 6) is 0.536. The van der Waals surface area contributed by atoms with Crippen LogP contribution in [0.15, 0.2) is 89.6 Å².